The van der Waals surface area contributed by atoms with Crippen LogP contribution in [0.3, 0.4) is 0 Å². The van der Waals surface area contributed by atoms with Crippen LogP contribution < -0.4 is 16.0 Å². The lowest BCUT2D eigenvalue weighted by Gasteiger charge is -2.36. The number of nitrogens with one attached hydrogen (secondary N) is 1. The summed E-state index contributed by atoms with van der Waals surface area (Å²) in [5.74, 6) is 0.0622. The number of hydrogen-bond donors (Lipinski definition) is 2. The number of nitrogen functional groups attached to an aromatic ring is 1. The molecule has 5 heteroatoms. The van der Waals surface area contributed by atoms with Crippen molar-refractivity contribution in [2.75, 3.05) is 24.2 Å². The second-order valence-electron chi connectivity index (χ2n) is 4.30. The van der Waals surface area contributed by atoms with E-state index in [0.29, 0.717) is 5.69 Å². The second-order valence-corrected chi connectivity index (χ2v) is 4.30. The molecule has 0 aliphatic carbocycles. The summed E-state index contributed by atoms with van der Waals surface area (Å²) in [5.41, 5.74) is 7.29. The van der Waals surface area contributed by atoms with Crippen molar-refractivity contribution in [3.8, 4) is 0 Å². The van der Waals surface area contributed by atoms with E-state index in [2.05, 4.69) is 15.2 Å². The van der Waals surface area contributed by atoms with Gasteiger partial charge in [-0.25, -0.2) is 0 Å². The van der Waals surface area contributed by atoms with Gasteiger partial charge in [-0.1, -0.05) is 0 Å². The molecule has 5 nitrogen and oxygen atoms in total. The summed E-state index contributed by atoms with van der Waals surface area (Å²) < 4.78 is 0. The Kier molecular flexibility index (Phi) is 3.46. The minimum absolute atomic E-state index is 0.0622. The SMILES string of the molecule is CNC(=O)[C@@H]1CCCCN1c1cncc(N)c1. The number of aromatic nitrogens is 1. The van der Waals surface area contributed by atoms with E-state index in [4.69, 9.17) is 5.73 Å². The first kappa shape index (κ1) is 11.7. The van der Waals surface area contributed by atoms with E-state index in [1.807, 2.05) is 6.07 Å². The van der Waals surface area contributed by atoms with Gasteiger partial charge in [0.15, 0.2) is 0 Å². The maximum absolute atomic E-state index is 11.8. The number of nitrogens with zero attached hydrogens (tertiary/aromatic N) is 2. The summed E-state index contributed by atoms with van der Waals surface area (Å²) in [6, 6.07) is 1.77. The first-order valence-electron chi connectivity index (χ1n) is 5.91. The number of carbonyl (C=O) groups is 1. The molecule has 0 radical (unpaired) electrons. The molecular formula is C12H18N4O. The number of rotatable bonds is 2. The number of anilines is 2. The van der Waals surface area contributed by atoms with Crippen LogP contribution in [0.2, 0.25) is 0 Å². The van der Waals surface area contributed by atoms with Crippen LogP contribution in [0.25, 0.3) is 0 Å². The number of hydrogen-bond acceptors (Lipinski definition) is 4. The summed E-state index contributed by atoms with van der Waals surface area (Å²) in [7, 11) is 1.67. The molecule has 1 saturated heterocycles. The highest BCUT2D eigenvalue weighted by Gasteiger charge is 2.28. The van der Waals surface area contributed by atoms with Gasteiger partial charge in [-0.15, -0.1) is 0 Å². The highest BCUT2D eigenvalue weighted by atomic mass is 16.2. The summed E-state index contributed by atoms with van der Waals surface area (Å²) in [6.07, 6.45) is 6.45. The van der Waals surface area contributed by atoms with Crippen molar-refractivity contribution in [1.29, 1.82) is 0 Å². The van der Waals surface area contributed by atoms with E-state index in [-0.39, 0.29) is 11.9 Å². The van der Waals surface area contributed by atoms with E-state index in [9.17, 15) is 4.79 Å². The van der Waals surface area contributed by atoms with Crippen LogP contribution in [-0.2, 0) is 4.79 Å². The van der Waals surface area contributed by atoms with E-state index in [1.165, 1.54) is 0 Å². The molecule has 1 atom stereocenters. The van der Waals surface area contributed by atoms with Crippen LogP contribution in [0.4, 0.5) is 11.4 Å². The summed E-state index contributed by atoms with van der Waals surface area (Å²) in [6.45, 7) is 0.878. The average molecular weight is 234 g/mol. The Morgan fingerprint density at radius 3 is 3.06 bits per heavy atom. The highest BCUT2D eigenvalue weighted by Crippen LogP contribution is 2.25. The molecule has 1 amide bonds. The van der Waals surface area contributed by atoms with Gasteiger partial charge in [-0.3, -0.25) is 9.78 Å². The van der Waals surface area contributed by atoms with Crippen molar-refractivity contribution < 1.29 is 4.79 Å². The second kappa shape index (κ2) is 5.03. The molecule has 0 bridgehead atoms. The fraction of sp³-hybridized carbons (Fsp3) is 0.500. The van der Waals surface area contributed by atoms with Crippen molar-refractivity contribution in [1.82, 2.24) is 10.3 Å². The third-order valence-electron chi connectivity index (χ3n) is 3.13. The van der Waals surface area contributed by atoms with E-state index in [0.717, 1.165) is 31.5 Å². The van der Waals surface area contributed by atoms with Gasteiger partial charge in [0.05, 0.1) is 17.6 Å². The normalized spacial score (nSPS) is 20.1. The van der Waals surface area contributed by atoms with Gasteiger partial charge in [0.1, 0.15) is 6.04 Å². The molecule has 92 valence electrons. The van der Waals surface area contributed by atoms with Crippen LogP contribution in [0.1, 0.15) is 19.3 Å². The molecule has 17 heavy (non-hydrogen) atoms. The van der Waals surface area contributed by atoms with Crippen molar-refractivity contribution in [2.24, 2.45) is 0 Å². The van der Waals surface area contributed by atoms with Gasteiger partial charge in [-0.2, -0.15) is 0 Å². The van der Waals surface area contributed by atoms with E-state index in [1.54, 1.807) is 19.4 Å². The monoisotopic (exact) mass is 234 g/mol. The molecule has 1 aliphatic rings. The summed E-state index contributed by atoms with van der Waals surface area (Å²) in [5, 5.41) is 2.72. The predicted octanol–water partition coefficient (Wildman–Crippen LogP) is 0.769. The standard InChI is InChI=1S/C12H18N4O/c1-14-12(17)11-4-2-3-5-16(11)10-6-9(13)7-15-8-10/h6-8,11H,2-5,13H2,1H3,(H,14,17)/t11-/m0/s1. The van der Waals surface area contributed by atoms with Crippen molar-refractivity contribution in [2.45, 2.75) is 25.3 Å². The van der Waals surface area contributed by atoms with Crippen LogP contribution in [0, 0.1) is 0 Å². The minimum Gasteiger partial charge on any atom is -0.397 e. The maximum Gasteiger partial charge on any atom is 0.242 e. The van der Waals surface area contributed by atoms with Gasteiger partial charge in [0.2, 0.25) is 5.91 Å². The lowest BCUT2D eigenvalue weighted by Crippen LogP contribution is -2.48. The number of pyridine rings is 1. The van der Waals surface area contributed by atoms with Crippen LogP contribution >= 0.6 is 0 Å². The lowest BCUT2D eigenvalue weighted by atomic mass is 10.0. The molecular weight excluding hydrogens is 216 g/mol. The molecule has 1 aromatic rings. The Balaban J connectivity index is 2.24. The quantitative estimate of drug-likeness (QED) is 0.793. The zero-order chi connectivity index (χ0) is 12.3. The smallest absolute Gasteiger partial charge is 0.242 e. The maximum atomic E-state index is 11.8. The molecule has 1 fully saturated rings. The highest BCUT2D eigenvalue weighted by molar-refractivity contribution is 5.85. The van der Waals surface area contributed by atoms with Gasteiger partial charge in [0.25, 0.3) is 0 Å². The first-order valence-corrected chi connectivity index (χ1v) is 5.91. The molecule has 1 aliphatic heterocycles. The number of piperidine rings is 1. The average Bonchev–Trinajstić information content (AvgIpc) is 2.38. The van der Waals surface area contributed by atoms with Crippen molar-refractivity contribution in [3.05, 3.63) is 18.5 Å². The molecule has 3 N–H and O–H groups in total. The van der Waals surface area contributed by atoms with Crippen LogP contribution in [0.15, 0.2) is 18.5 Å². The lowest BCUT2D eigenvalue weighted by molar-refractivity contribution is -0.122. The van der Waals surface area contributed by atoms with Crippen molar-refractivity contribution >= 4 is 17.3 Å². The third-order valence-corrected chi connectivity index (χ3v) is 3.13. The van der Waals surface area contributed by atoms with Crippen LogP contribution in [-0.4, -0.2) is 30.5 Å². The van der Waals surface area contributed by atoms with Gasteiger partial charge < -0.3 is 16.0 Å². The van der Waals surface area contributed by atoms with Gasteiger partial charge >= 0.3 is 0 Å². The van der Waals surface area contributed by atoms with E-state index >= 15 is 0 Å². The number of nitrogens with two attached hydrogens (primary N) is 1. The molecule has 1 aromatic heterocycles. The first-order chi connectivity index (χ1) is 8.22. The van der Waals surface area contributed by atoms with E-state index < -0.39 is 0 Å². The fourth-order valence-electron chi connectivity index (χ4n) is 2.28. The fourth-order valence-corrected chi connectivity index (χ4v) is 2.28. The Morgan fingerprint density at radius 2 is 2.35 bits per heavy atom. The van der Waals surface area contributed by atoms with Crippen molar-refractivity contribution in [3.63, 3.8) is 0 Å². The zero-order valence-electron chi connectivity index (χ0n) is 10.0. The minimum atomic E-state index is -0.0997. The van der Waals surface area contributed by atoms with Crippen LogP contribution in [0.5, 0.6) is 0 Å². The molecule has 0 aromatic carbocycles. The topological polar surface area (TPSA) is 71.2 Å². The zero-order valence-corrected chi connectivity index (χ0v) is 10.0. The number of likely N-dealkylation sites (N-methyl/N-ethyl adjacent to an activating group) is 1. The Labute approximate surface area is 101 Å². The largest absolute Gasteiger partial charge is 0.397 e. The Bertz CT molecular complexity index is 407. The van der Waals surface area contributed by atoms with Gasteiger partial charge in [0, 0.05) is 19.8 Å². The Morgan fingerprint density at radius 1 is 1.53 bits per heavy atom. The number of carbonyl (C=O) groups excluding carboxylic acids is 1. The number of amides is 1. The molecule has 0 unspecified atom stereocenters. The third kappa shape index (κ3) is 2.49. The molecule has 2 rings (SSSR count). The summed E-state index contributed by atoms with van der Waals surface area (Å²) >= 11 is 0. The molecule has 0 spiro atoms. The predicted molar refractivity (Wildman–Crippen MR) is 67.7 cm³/mol. The Hall–Kier alpha value is -1.78. The molecule has 0 saturated carbocycles. The summed E-state index contributed by atoms with van der Waals surface area (Å²) in [4.78, 5) is 18.0. The van der Waals surface area contributed by atoms with Gasteiger partial charge in [-0.05, 0) is 25.3 Å². The molecule has 2 heterocycles.